The van der Waals surface area contributed by atoms with Crippen molar-refractivity contribution < 1.29 is 8.42 Å². The van der Waals surface area contributed by atoms with Crippen molar-refractivity contribution in [2.24, 2.45) is 0 Å². The van der Waals surface area contributed by atoms with E-state index >= 15 is 0 Å². The minimum absolute atomic E-state index is 0.258. The predicted molar refractivity (Wildman–Crippen MR) is 76.7 cm³/mol. The molecule has 0 saturated heterocycles. The molecule has 0 spiro atoms. The highest BCUT2D eigenvalue weighted by Crippen LogP contribution is 2.22. The molecule has 4 nitrogen and oxygen atoms in total. The Labute approximate surface area is 112 Å². The van der Waals surface area contributed by atoms with Crippen molar-refractivity contribution in [3.63, 3.8) is 0 Å². The van der Waals surface area contributed by atoms with Crippen LogP contribution in [-0.2, 0) is 9.84 Å². The van der Waals surface area contributed by atoms with E-state index in [4.69, 9.17) is 0 Å². The van der Waals surface area contributed by atoms with Crippen molar-refractivity contribution in [3.05, 3.63) is 0 Å². The molecule has 1 fully saturated rings. The van der Waals surface area contributed by atoms with Crippen molar-refractivity contribution in [2.75, 3.05) is 31.6 Å². The van der Waals surface area contributed by atoms with Crippen LogP contribution in [0.15, 0.2) is 0 Å². The van der Waals surface area contributed by atoms with Crippen LogP contribution in [0.4, 0.5) is 0 Å². The summed E-state index contributed by atoms with van der Waals surface area (Å²) in [6.07, 6.45) is 4.79. The smallest absolute Gasteiger partial charge is 0.151 e. The van der Waals surface area contributed by atoms with Crippen LogP contribution in [0.5, 0.6) is 0 Å². The van der Waals surface area contributed by atoms with E-state index in [1.165, 1.54) is 25.7 Å². The highest BCUT2D eigenvalue weighted by Gasteiger charge is 2.23. The lowest BCUT2D eigenvalue weighted by molar-refractivity contribution is 0.182. The minimum atomic E-state index is -2.83. The minimum Gasteiger partial charge on any atom is -0.314 e. The van der Waals surface area contributed by atoms with Gasteiger partial charge >= 0.3 is 0 Å². The second-order valence-corrected chi connectivity index (χ2v) is 7.75. The van der Waals surface area contributed by atoms with E-state index in [-0.39, 0.29) is 5.75 Å². The zero-order chi connectivity index (χ0) is 13.6. The molecular weight excluding hydrogens is 248 g/mol. The summed E-state index contributed by atoms with van der Waals surface area (Å²) < 4.78 is 23.0. The summed E-state index contributed by atoms with van der Waals surface area (Å²) in [5, 5.41) is 3.49. The van der Waals surface area contributed by atoms with Gasteiger partial charge in [0.15, 0.2) is 9.84 Å². The molecule has 0 aliphatic heterocycles. The molecule has 0 amide bonds. The molecule has 0 atom stereocenters. The molecule has 0 bridgehead atoms. The average Bonchev–Trinajstić information content (AvgIpc) is 2.37. The highest BCUT2D eigenvalue weighted by atomic mass is 32.2. The van der Waals surface area contributed by atoms with E-state index in [0.717, 1.165) is 6.54 Å². The molecule has 1 aliphatic carbocycles. The maximum absolute atomic E-state index is 11.5. The van der Waals surface area contributed by atoms with Gasteiger partial charge in [-0.25, -0.2) is 8.42 Å². The third-order valence-corrected chi connectivity index (χ3v) is 5.69. The molecule has 1 rings (SSSR count). The molecule has 0 unspecified atom stereocenters. The monoisotopic (exact) mass is 276 g/mol. The molecule has 5 heteroatoms. The van der Waals surface area contributed by atoms with Crippen molar-refractivity contribution in [1.29, 1.82) is 0 Å². The molecule has 1 N–H and O–H groups in total. The van der Waals surface area contributed by atoms with Crippen LogP contribution in [0, 0.1) is 0 Å². The topological polar surface area (TPSA) is 49.4 Å². The van der Waals surface area contributed by atoms with Crippen LogP contribution in [-0.4, -0.2) is 57.0 Å². The maximum Gasteiger partial charge on any atom is 0.151 e. The van der Waals surface area contributed by atoms with Gasteiger partial charge in [-0.15, -0.1) is 0 Å². The number of rotatable bonds is 7. The van der Waals surface area contributed by atoms with Crippen molar-refractivity contribution in [3.8, 4) is 0 Å². The first-order chi connectivity index (χ1) is 8.48. The molecule has 0 aromatic carbocycles. The van der Waals surface area contributed by atoms with Gasteiger partial charge in [0.2, 0.25) is 0 Å². The lowest BCUT2D eigenvalue weighted by Gasteiger charge is -2.34. The summed E-state index contributed by atoms with van der Waals surface area (Å²) in [7, 11) is -0.768. The Hall–Kier alpha value is -0.130. The molecule has 0 aromatic heterocycles. The van der Waals surface area contributed by atoms with E-state index < -0.39 is 9.84 Å². The van der Waals surface area contributed by atoms with Crippen molar-refractivity contribution in [1.82, 2.24) is 10.2 Å². The van der Waals surface area contributed by atoms with Gasteiger partial charge in [-0.2, -0.15) is 0 Å². The Morgan fingerprint density at radius 3 is 2.28 bits per heavy atom. The molecule has 1 saturated carbocycles. The molecule has 0 aromatic rings. The van der Waals surface area contributed by atoms with Crippen molar-refractivity contribution >= 4 is 9.84 Å². The van der Waals surface area contributed by atoms with E-state index in [9.17, 15) is 8.42 Å². The first kappa shape index (κ1) is 15.9. The number of sulfone groups is 1. The van der Waals surface area contributed by atoms with Gasteiger partial charge in [0.05, 0.1) is 5.75 Å². The predicted octanol–water partition coefficient (Wildman–Crippen LogP) is 1.27. The molecule has 0 radical (unpaired) electrons. The number of hydrogen-bond acceptors (Lipinski definition) is 4. The fourth-order valence-corrected chi connectivity index (χ4v) is 3.47. The van der Waals surface area contributed by atoms with Gasteiger partial charge in [0.1, 0.15) is 0 Å². The lowest BCUT2D eigenvalue weighted by atomic mass is 9.90. The second-order valence-electron chi connectivity index (χ2n) is 5.28. The largest absolute Gasteiger partial charge is 0.314 e. The average molecular weight is 276 g/mol. The van der Waals surface area contributed by atoms with E-state index in [2.05, 4.69) is 24.2 Å². The van der Waals surface area contributed by atoms with Gasteiger partial charge in [0, 0.05) is 24.4 Å². The van der Waals surface area contributed by atoms with Crippen LogP contribution in [0.25, 0.3) is 0 Å². The van der Waals surface area contributed by atoms with Crippen molar-refractivity contribution in [2.45, 2.75) is 51.6 Å². The first-order valence-corrected chi connectivity index (χ1v) is 8.94. The molecule has 0 heterocycles. The van der Waals surface area contributed by atoms with E-state index in [1.54, 1.807) is 6.92 Å². The standard InChI is InChI=1S/C13H28N2O2S/c1-4-14-12-6-8-13(9-7-12)15(3)10-11-18(16,17)5-2/h12-14H,4-11H2,1-3H3. The molecular formula is C13H28N2O2S. The van der Waals surface area contributed by atoms with Gasteiger partial charge in [-0.1, -0.05) is 13.8 Å². The van der Waals surface area contributed by atoms with E-state index in [1.807, 2.05) is 0 Å². The Balaban J connectivity index is 2.30. The maximum atomic E-state index is 11.5. The molecule has 1 aliphatic rings. The van der Waals surface area contributed by atoms with Gasteiger partial charge in [0.25, 0.3) is 0 Å². The fraction of sp³-hybridized carbons (Fsp3) is 1.00. The third kappa shape index (κ3) is 5.24. The second kappa shape index (κ2) is 7.46. The Morgan fingerprint density at radius 2 is 1.78 bits per heavy atom. The summed E-state index contributed by atoms with van der Waals surface area (Å²) in [5.41, 5.74) is 0. The summed E-state index contributed by atoms with van der Waals surface area (Å²) >= 11 is 0. The molecule has 108 valence electrons. The number of hydrogen-bond donors (Lipinski definition) is 1. The van der Waals surface area contributed by atoms with Gasteiger partial charge in [-0.3, -0.25) is 0 Å². The van der Waals surface area contributed by atoms with Gasteiger partial charge in [-0.05, 0) is 39.3 Å². The van der Waals surface area contributed by atoms with Crippen LogP contribution < -0.4 is 5.32 Å². The summed E-state index contributed by atoms with van der Waals surface area (Å²) in [6.45, 7) is 5.58. The summed E-state index contributed by atoms with van der Waals surface area (Å²) in [4.78, 5) is 2.23. The first-order valence-electron chi connectivity index (χ1n) is 7.12. The lowest BCUT2D eigenvalue weighted by Crippen LogP contribution is -2.42. The number of nitrogens with zero attached hydrogens (tertiary/aromatic N) is 1. The quantitative estimate of drug-likeness (QED) is 0.761. The van der Waals surface area contributed by atoms with Crippen LogP contribution in [0.3, 0.4) is 0 Å². The summed E-state index contributed by atoms with van der Waals surface area (Å²) in [6, 6.07) is 1.23. The summed E-state index contributed by atoms with van der Waals surface area (Å²) in [5.74, 6) is 0.557. The van der Waals surface area contributed by atoms with Crippen LogP contribution in [0.1, 0.15) is 39.5 Å². The third-order valence-electron chi connectivity index (χ3n) is 4.01. The normalized spacial score (nSPS) is 25.6. The zero-order valence-electron chi connectivity index (χ0n) is 12.0. The highest BCUT2D eigenvalue weighted by molar-refractivity contribution is 7.91. The zero-order valence-corrected chi connectivity index (χ0v) is 12.8. The van der Waals surface area contributed by atoms with Crippen LogP contribution in [0.2, 0.25) is 0 Å². The fourth-order valence-electron chi connectivity index (χ4n) is 2.62. The Kier molecular flexibility index (Phi) is 6.60. The SMILES string of the molecule is CCNC1CCC(N(C)CCS(=O)(=O)CC)CC1. The van der Waals surface area contributed by atoms with E-state index in [0.29, 0.717) is 24.4 Å². The Bertz CT molecular complexity index is 322. The van der Waals surface area contributed by atoms with Gasteiger partial charge < -0.3 is 10.2 Å². The number of nitrogens with one attached hydrogen (secondary N) is 1. The molecule has 18 heavy (non-hydrogen) atoms. The van der Waals surface area contributed by atoms with Crippen LogP contribution >= 0.6 is 0 Å². The Morgan fingerprint density at radius 1 is 1.17 bits per heavy atom.